The lowest BCUT2D eigenvalue weighted by Crippen LogP contribution is -2.44. The first kappa shape index (κ1) is 14.7. The second-order valence-electron chi connectivity index (χ2n) is 5.63. The SMILES string of the molecule is C[C@H](C(=O)Nc1ccccc1F)N1CCc2ccccc2C1. The Balaban J connectivity index is 1.68. The number of hydrogen-bond donors (Lipinski definition) is 1. The molecular weight excluding hydrogens is 279 g/mol. The Morgan fingerprint density at radius 2 is 1.82 bits per heavy atom. The van der Waals surface area contributed by atoms with E-state index in [4.69, 9.17) is 0 Å². The average Bonchev–Trinajstić information content (AvgIpc) is 2.55. The number of nitrogens with one attached hydrogen (secondary N) is 1. The van der Waals surface area contributed by atoms with Crippen LogP contribution in [0.1, 0.15) is 18.1 Å². The molecule has 0 spiro atoms. The predicted octanol–water partition coefficient (Wildman–Crippen LogP) is 3.21. The molecule has 2 aromatic rings. The summed E-state index contributed by atoms with van der Waals surface area (Å²) in [5, 5.41) is 2.68. The molecule has 0 saturated heterocycles. The van der Waals surface area contributed by atoms with Gasteiger partial charge in [-0.15, -0.1) is 0 Å². The van der Waals surface area contributed by atoms with Crippen molar-refractivity contribution in [3.8, 4) is 0 Å². The third-order valence-corrected chi connectivity index (χ3v) is 4.22. The van der Waals surface area contributed by atoms with Crippen LogP contribution in [-0.4, -0.2) is 23.4 Å². The van der Waals surface area contributed by atoms with Crippen LogP contribution in [0.5, 0.6) is 0 Å². The molecule has 0 fully saturated rings. The van der Waals surface area contributed by atoms with E-state index >= 15 is 0 Å². The molecular formula is C18H19FN2O. The highest BCUT2D eigenvalue weighted by Crippen LogP contribution is 2.21. The number of para-hydroxylation sites is 1. The van der Waals surface area contributed by atoms with E-state index in [1.807, 2.05) is 19.1 Å². The first-order valence-electron chi connectivity index (χ1n) is 7.51. The number of rotatable bonds is 3. The second kappa shape index (κ2) is 6.28. The Morgan fingerprint density at radius 1 is 1.14 bits per heavy atom. The first-order chi connectivity index (χ1) is 10.6. The van der Waals surface area contributed by atoms with Crippen LogP contribution >= 0.6 is 0 Å². The Morgan fingerprint density at radius 3 is 2.59 bits per heavy atom. The minimum atomic E-state index is -0.410. The molecule has 1 atom stereocenters. The summed E-state index contributed by atoms with van der Waals surface area (Å²) in [4.78, 5) is 14.5. The van der Waals surface area contributed by atoms with Crippen molar-refractivity contribution < 1.29 is 9.18 Å². The molecule has 114 valence electrons. The van der Waals surface area contributed by atoms with Gasteiger partial charge in [0.2, 0.25) is 5.91 Å². The lowest BCUT2D eigenvalue weighted by atomic mass is 9.99. The molecule has 0 unspecified atom stereocenters. The van der Waals surface area contributed by atoms with Crippen molar-refractivity contribution in [3.05, 3.63) is 65.5 Å². The van der Waals surface area contributed by atoms with E-state index in [1.165, 1.54) is 17.2 Å². The number of benzene rings is 2. The number of fused-ring (bicyclic) bond motifs is 1. The lowest BCUT2D eigenvalue weighted by Gasteiger charge is -2.32. The molecule has 1 amide bonds. The zero-order valence-electron chi connectivity index (χ0n) is 12.6. The summed E-state index contributed by atoms with van der Waals surface area (Å²) in [5.74, 6) is -0.587. The summed E-state index contributed by atoms with van der Waals surface area (Å²) in [6.45, 7) is 3.45. The van der Waals surface area contributed by atoms with Gasteiger partial charge in [-0.25, -0.2) is 4.39 Å². The molecule has 1 aliphatic heterocycles. The van der Waals surface area contributed by atoms with Crippen molar-refractivity contribution in [2.45, 2.75) is 25.9 Å². The van der Waals surface area contributed by atoms with E-state index in [2.05, 4.69) is 22.3 Å². The van der Waals surface area contributed by atoms with Crippen LogP contribution in [0.15, 0.2) is 48.5 Å². The molecule has 3 rings (SSSR count). The molecule has 22 heavy (non-hydrogen) atoms. The van der Waals surface area contributed by atoms with E-state index in [0.29, 0.717) is 0 Å². The fraction of sp³-hybridized carbons (Fsp3) is 0.278. The van der Waals surface area contributed by atoms with Crippen molar-refractivity contribution in [1.29, 1.82) is 0 Å². The van der Waals surface area contributed by atoms with Crippen molar-refractivity contribution in [1.82, 2.24) is 4.90 Å². The predicted molar refractivity (Wildman–Crippen MR) is 85.0 cm³/mol. The number of halogens is 1. The van der Waals surface area contributed by atoms with Crippen LogP contribution < -0.4 is 5.32 Å². The maximum atomic E-state index is 13.6. The van der Waals surface area contributed by atoms with Crippen molar-refractivity contribution in [3.63, 3.8) is 0 Å². The molecule has 0 radical (unpaired) electrons. The Kier molecular flexibility index (Phi) is 4.20. The van der Waals surface area contributed by atoms with Gasteiger partial charge >= 0.3 is 0 Å². The van der Waals surface area contributed by atoms with Gasteiger partial charge in [-0.3, -0.25) is 9.69 Å². The number of anilines is 1. The molecule has 1 heterocycles. The molecule has 3 nitrogen and oxygen atoms in total. The topological polar surface area (TPSA) is 32.3 Å². The molecule has 1 aliphatic rings. The maximum Gasteiger partial charge on any atom is 0.241 e. The summed E-state index contributed by atoms with van der Waals surface area (Å²) < 4.78 is 13.6. The summed E-state index contributed by atoms with van der Waals surface area (Å²) in [6.07, 6.45) is 0.938. The number of carbonyl (C=O) groups is 1. The van der Waals surface area contributed by atoms with Crippen molar-refractivity contribution in [2.75, 3.05) is 11.9 Å². The van der Waals surface area contributed by atoms with Crippen LogP contribution in [0, 0.1) is 5.82 Å². The standard InChI is InChI=1S/C18H19FN2O/c1-13(18(22)20-17-9-5-4-8-16(17)19)21-11-10-14-6-2-3-7-15(14)12-21/h2-9,13H,10-12H2,1H3,(H,20,22)/t13-/m1/s1. The van der Waals surface area contributed by atoms with Gasteiger partial charge in [0.25, 0.3) is 0 Å². The number of amides is 1. The molecule has 1 N–H and O–H groups in total. The molecule has 0 bridgehead atoms. The number of hydrogen-bond acceptors (Lipinski definition) is 2. The lowest BCUT2D eigenvalue weighted by molar-refractivity contribution is -0.121. The van der Waals surface area contributed by atoms with E-state index < -0.39 is 5.82 Å². The quantitative estimate of drug-likeness (QED) is 0.943. The van der Waals surface area contributed by atoms with Crippen LogP contribution in [-0.2, 0) is 17.8 Å². The third-order valence-electron chi connectivity index (χ3n) is 4.22. The third kappa shape index (κ3) is 3.02. The van der Waals surface area contributed by atoms with Crippen molar-refractivity contribution in [2.24, 2.45) is 0 Å². The van der Waals surface area contributed by atoms with Gasteiger partial charge in [0, 0.05) is 13.1 Å². The highest BCUT2D eigenvalue weighted by molar-refractivity contribution is 5.94. The first-order valence-corrected chi connectivity index (χ1v) is 7.51. The van der Waals surface area contributed by atoms with Crippen LogP contribution in [0.3, 0.4) is 0 Å². The fourth-order valence-electron chi connectivity index (χ4n) is 2.81. The monoisotopic (exact) mass is 298 g/mol. The summed E-state index contributed by atoms with van der Waals surface area (Å²) in [7, 11) is 0. The van der Waals surface area contributed by atoms with E-state index in [9.17, 15) is 9.18 Å². The largest absolute Gasteiger partial charge is 0.322 e. The summed E-state index contributed by atoms with van der Waals surface area (Å²) >= 11 is 0. The normalized spacial score (nSPS) is 15.9. The molecule has 4 heteroatoms. The minimum Gasteiger partial charge on any atom is -0.322 e. The zero-order chi connectivity index (χ0) is 15.5. The van der Waals surface area contributed by atoms with Gasteiger partial charge in [0.1, 0.15) is 5.82 Å². The molecule has 0 aromatic heterocycles. The Labute approximate surface area is 129 Å². The molecule has 2 aromatic carbocycles. The van der Waals surface area contributed by atoms with Crippen LogP contribution in [0.25, 0.3) is 0 Å². The summed E-state index contributed by atoms with van der Waals surface area (Å²) in [5.41, 5.74) is 2.84. The zero-order valence-corrected chi connectivity index (χ0v) is 12.6. The molecule has 0 aliphatic carbocycles. The van der Waals surface area contributed by atoms with Gasteiger partial charge in [0.05, 0.1) is 11.7 Å². The highest BCUT2D eigenvalue weighted by Gasteiger charge is 2.25. The number of carbonyl (C=O) groups excluding carboxylic acids is 1. The van der Waals surface area contributed by atoms with Gasteiger partial charge < -0.3 is 5.32 Å². The van der Waals surface area contributed by atoms with E-state index in [-0.39, 0.29) is 17.6 Å². The second-order valence-corrected chi connectivity index (χ2v) is 5.63. The minimum absolute atomic E-state index is 0.176. The average molecular weight is 298 g/mol. The smallest absolute Gasteiger partial charge is 0.241 e. The number of nitrogens with zero attached hydrogens (tertiary/aromatic N) is 1. The fourth-order valence-corrected chi connectivity index (χ4v) is 2.81. The van der Waals surface area contributed by atoms with E-state index in [1.54, 1.807) is 18.2 Å². The van der Waals surface area contributed by atoms with Gasteiger partial charge in [-0.05, 0) is 36.6 Å². The Hall–Kier alpha value is -2.20. The van der Waals surface area contributed by atoms with Crippen LogP contribution in [0.4, 0.5) is 10.1 Å². The Bertz CT molecular complexity index is 686. The maximum absolute atomic E-state index is 13.6. The highest BCUT2D eigenvalue weighted by atomic mass is 19.1. The van der Waals surface area contributed by atoms with E-state index in [0.717, 1.165) is 19.5 Å². The van der Waals surface area contributed by atoms with Crippen molar-refractivity contribution >= 4 is 11.6 Å². The summed E-state index contributed by atoms with van der Waals surface area (Å²) in [6, 6.07) is 14.2. The van der Waals surface area contributed by atoms with Gasteiger partial charge in [-0.2, -0.15) is 0 Å². The van der Waals surface area contributed by atoms with Gasteiger partial charge in [-0.1, -0.05) is 36.4 Å². The molecule has 0 saturated carbocycles. The van der Waals surface area contributed by atoms with Crippen LogP contribution in [0.2, 0.25) is 0 Å². The van der Waals surface area contributed by atoms with Gasteiger partial charge in [0.15, 0.2) is 0 Å².